The first-order valence-electron chi connectivity index (χ1n) is 9.20. The highest BCUT2D eigenvalue weighted by molar-refractivity contribution is 6.27. The Labute approximate surface area is 156 Å². The Morgan fingerprint density at radius 1 is 1.12 bits per heavy atom. The number of hydrogen-bond donors (Lipinski definition) is 2. The number of aliphatic hydroxyl groups excluding tert-OH is 1. The van der Waals surface area contributed by atoms with E-state index < -0.39 is 40.9 Å². The van der Waals surface area contributed by atoms with Gasteiger partial charge in [-0.05, 0) is 46.5 Å². The molecule has 1 fully saturated rings. The van der Waals surface area contributed by atoms with Gasteiger partial charge in [-0.25, -0.2) is 0 Å². The van der Waals surface area contributed by atoms with E-state index in [1.807, 2.05) is 41.5 Å². The molecular formula is C21H32O5. The van der Waals surface area contributed by atoms with Crippen molar-refractivity contribution in [2.24, 2.45) is 17.8 Å². The third kappa shape index (κ3) is 4.77. The van der Waals surface area contributed by atoms with Crippen molar-refractivity contribution in [3.05, 3.63) is 23.3 Å². The van der Waals surface area contributed by atoms with Gasteiger partial charge in [-0.15, -0.1) is 0 Å². The van der Waals surface area contributed by atoms with E-state index in [2.05, 4.69) is 0 Å². The zero-order valence-corrected chi connectivity index (χ0v) is 16.7. The Morgan fingerprint density at radius 3 is 2.12 bits per heavy atom. The number of rotatable bonds is 8. The maximum absolute atomic E-state index is 12.9. The Hall–Kier alpha value is -1.59. The van der Waals surface area contributed by atoms with Crippen molar-refractivity contribution in [2.75, 3.05) is 0 Å². The maximum Gasteiger partial charge on any atom is 0.185 e. The minimum absolute atomic E-state index is 0.00335. The van der Waals surface area contributed by atoms with Crippen molar-refractivity contribution in [3.63, 3.8) is 0 Å². The fourth-order valence-corrected chi connectivity index (χ4v) is 3.35. The van der Waals surface area contributed by atoms with Crippen LogP contribution in [0.1, 0.15) is 60.8 Å². The number of hydrogen-bond acceptors (Lipinski definition) is 5. The lowest BCUT2D eigenvalue weighted by atomic mass is 9.80. The van der Waals surface area contributed by atoms with Gasteiger partial charge in [0.1, 0.15) is 5.92 Å². The average Bonchev–Trinajstić information content (AvgIpc) is 2.69. The summed E-state index contributed by atoms with van der Waals surface area (Å²) in [6, 6.07) is 0. The summed E-state index contributed by atoms with van der Waals surface area (Å²) >= 11 is 0. The largest absolute Gasteiger partial charge is 0.389 e. The lowest BCUT2D eigenvalue weighted by Gasteiger charge is -2.31. The molecule has 0 aromatic rings. The SMILES string of the molecule is CC(C)=CC[C@@H](O)[C@@]1(O)C(=O)C(C(=O)CC(C)C)C(=O)[C@@H]1CC=C(C)C. The highest BCUT2D eigenvalue weighted by Crippen LogP contribution is 2.41. The van der Waals surface area contributed by atoms with Crippen LogP contribution in [0.5, 0.6) is 0 Å². The van der Waals surface area contributed by atoms with Gasteiger partial charge >= 0.3 is 0 Å². The van der Waals surface area contributed by atoms with Crippen LogP contribution in [0.15, 0.2) is 23.3 Å². The minimum atomic E-state index is -2.23. The second-order valence-corrected chi connectivity index (χ2v) is 8.19. The Kier molecular flexibility index (Phi) is 7.66. The second kappa shape index (κ2) is 8.87. The van der Waals surface area contributed by atoms with Crippen LogP contribution in [0.3, 0.4) is 0 Å². The van der Waals surface area contributed by atoms with Crippen LogP contribution in [0, 0.1) is 17.8 Å². The molecule has 0 heterocycles. The van der Waals surface area contributed by atoms with E-state index in [4.69, 9.17) is 0 Å². The fourth-order valence-electron chi connectivity index (χ4n) is 3.35. The molecule has 1 saturated carbocycles. The van der Waals surface area contributed by atoms with Crippen molar-refractivity contribution < 1.29 is 24.6 Å². The van der Waals surface area contributed by atoms with Crippen molar-refractivity contribution in [1.82, 2.24) is 0 Å². The highest BCUT2D eigenvalue weighted by Gasteiger charge is 2.63. The lowest BCUT2D eigenvalue weighted by molar-refractivity contribution is -0.155. The van der Waals surface area contributed by atoms with E-state index >= 15 is 0 Å². The second-order valence-electron chi connectivity index (χ2n) is 8.19. The van der Waals surface area contributed by atoms with Crippen LogP contribution < -0.4 is 0 Å². The number of allylic oxidation sites excluding steroid dienone is 3. The van der Waals surface area contributed by atoms with Crippen LogP contribution >= 0.6 is 0 Å². The molecule has 2 N–H and O–H groups in total. The molecule has 146 valence electrons. The van der Waals surface area contributed by atoms with Gasteiger partial charge in [-0.2, -0.15) is 0 Å². The molecule has 0 saturated heterocycles. The summed E-state index contributed by atoms with van der Waals surface area (Å²) in [4.78, 5) is 38.2. The summed E-state index contributed by atoms with van der Waals surface area (Å²) in [6.07, 6.45) is 2.30. The van der Waals surface area contributed by atoms with Gasteiger partial charge in [0, 0.05) is 6.42 Å². The maximum atomic E-state index is 12.9. The van der Waals surface area contributed by atoms with Gasteiger partial charge in [-0.3, -0.25) is 14.4 Å². The summed E-state index contributed by atoms with van der Waals surface area (Å²) < 4.78 is 0. The standard InChI is InChI=1S/C21H32O5/c1-12(2)7-9-15-19(24)18(16(22)11-14(5)6)20(25)21(15,26)17(23)10-8-13(3)4/h7-8,14-15,17-18,23,26H,9-11H2,1-6H3/t15-,17+,18?,21+/m0/s1. The highest BCUT2D eigenvalue weighted by atomic mass is 16.4. The summed E-state index contributed by atoms with van der Waals surface area (Å²) in [5, 5.41) is 21.7. The molecule has 0 amide bonds. The van der Waals surface area contributed by atoms with Crippen molar-refractivity contribution >= 4 is 17.3 Å². The van der Waals surface area contributed by atoms with Crippen LogP contribution in [0.2, 0.25) is 0 Å². The van der Waals surface area contributed by atoms with Gasteiger partial charge < -0.3 is 10.2 Å². The van der Waals surface area contributed by atoms with Gasteiger partial charge in [0.25, 0.3) is 0 Å². The minimum Gasteiger partial charge on any atom is -0.389 e. The third-order valence-corrected chi connectivity index (χ3v) is 4.77. The van der Waals surface area contributed by atoms with Gasteiger partial charge in [-0.1, -0.05) is 37.1 Å². The quantitative estimate of drug-likeness (QED) is 0.510. The number of Topliss-reactive ketones (excluding diaryl/α,β-unsaturated/α-hetero) is 3. The number of ketones is 3. The molecular weight excluding hydrogens is 332 g/mol. The summed E-state index contributed by atoms with van der Waals surface area (Å²) in [6.45, 7) is 11.0. The van der Waals surface area contributed by atoms with Gasteiger partial charge in [0.05, 0.1) is 12.0 Å². The van der Waals surface area contributed by atoms with Crippen molar-refractivity contribution in [1.29, 1.82) is 0 Å². The van der Waals surface area contributed by atoms with Gasteiger partial charge in [0.15, 0.2) is 23.0 Å². The number of aliphatic hydroxyl groups is 2. The Morgan fingerprint density at radius 2 is 1.65 bits per heavy atom. The van der Waals surface area contributed by atoms with Crippen LogP contribution in [0.4, 0.5) is 0 Å². The van der Waals surface area contributed by atoms with E-state index in [9.17, 15) is 24.6 Å². The number of carbonyl (C=O) groups excluding carboxylic acids is 3. The average molecular weight is 364 g/mol. The third-order valence-electron chi connectivity index (χ3n) is 4.77. The Bertz CT molecular complexity index is 620. The summed E-state index contributed by atoms with van der Waals surface area (Å²) in [7, 11) is 0. The van der Waals surface area contributed by atoms with E-state index in [1.165, 1.54) is 0 Å². The molecule has 5 heteroatoms. The lowest BCUT2D eigenvalue weighted by Crippen LogP contribution is -2.52. The first kappa shape index (κ1) is 22.5. The zero-order chi connectivity index (χ0) is 20.2. The molecule has 1 rings (SSSR count). The molecule has 0 aromatic heterocycles. The molecule has 0 aromatic carbocycles. The summed E-state index contributed by atoms with van der Waals surface area (Å²) in [5.74, 6) is -4.47. The first-order chi connectivity index (χ1) is 11.9. The molecule has 1 unspecified atom stereocenters. The van der Waals surface area contributed by atoms with Crippen molar-refractivity contribution in [2.45, 2.75) is 72.5 Å². The van der Waals surface area contributed by atoms with Crippen LogP contribution in [-0.4, -0.2) is 39.3 Å². The normalized spacial score (nSPS) is 26.8. The predicted molar refractivity (Wildman–Crippen MR) is 101 cm³/mol. The van der Waals surface area contributed by atoms with Crippen LogP contribution in [-0.2, 0) is 14.4 Å². The summed E-state index contributed by atoms with van der Waals surface area (Å²) in [5.41, 5.74) is -0.368. The molecule has 0 aliphatic heterocycles. The molecule has 0 spiro atoms. The van der Waals surface area contributed by atoms with Crippen molar-refractivity contribution in [3.8, 4) is 0 Å². The molecule has 5 nitrogen and oxygen atoms in total. The Balaban J connectivity index is 3.30. The zero-order valence-electron chi connectivity index (χ0n) is 16.7. The number of carbonyl (C=O) groups is 3. The molecule has 0 radical (unpaired) electrons. The fraction of sp³-hybridized carbons (Fsp3) is 0.667. The topological polar surface area (TPSA) is 91.7 Å². The molecule has 4 atom stereocenters. The first-order valence-corrected chi connectivity index (χ1v) is 9.20. The molecule has 0 bridgehead atoms. The monoisotopic (exact) mass is 364 g/mol. The molecule has 26 heavy (non-hydrogen) atoms. The van der Waals surface area contributed by atoms with E-state index in [-0.39, 0.29) is 25.2 Å². The van der Waals surface area contributed by atoms with E-state index in [1.54, 1.807) is 12.2 Å². The molecule has 1 aliphatic carbocycles. The van der Waals surface area contributed by atoms with E-state index in [0.717, 1.165) is 11.1 Å². The van der Waals surface area contributed by atoms with Crippen LogP contribution in [0.25, 0.3) is 0 Å². The molecule has 1 aliphatic rings. The predicted octanol–water partition coefficient (Wildman–Crippen LogP) is 2.79. The smallest absolute Gasteiger partial charge is 0.185 e. The van der Waals surface area contributed by atoms with Gasteiger partial charge in [0.2, 0.25) is 0 Å². The van der Waals surface area contributed by atoms with E-state index in [0.29, 0.717) is 0 Å².